The van der Waals surface area contributed by atoms with Crippen LogP contribution in [0.3, 0.4) is 0 Å². The molecule has 0 saturated carbocycles. The zero-order chi connectivity index (χ0) is 17.1. The van der Waals surface area contributed by atoms with Crippen LogP contribution >= 0.6 is 31.9 Å². The Bertz CT molecular complexity index is 380. The van der Waals surface area contributed by atoms with Gasteiger partial charge in [0.05, 0.1) is 0 Å². The van der Waals surface area contributed by atoms with Crippen molar-refractivity contribution in [2.75, 3.05) is 13.2 Å². The Balaban J connectivity index is 4.71. The molecule has 5 nitrogen and oxygen atoms in total. The summed E-state index contributed by atoms with van der Waals surface area (Å²) in [4.78, 5) is 21.6. The van der Waals surface area contributed by atoms with Gasteiger partial charge < -0.3 is 14.6 Å². The second-order valence-electron chi connectivity index (χ2n) is 3.28. The van der Waals surface area contributed by atoms with Gasteiger partial charge in [0.25, 0.3) is 0 Å². The lowest BCUT2D eigenvalue weighted by Gasteiger charge is -2.40. The average Bonchev–Trinajstić information content (AvgIpc) is 2.29. The van der Waals surface area contributed by atoms with E-state index < -0.39 is 46.8 Å². The first-order valence-electron chi connectivity index (χ1n) is 4.71. The van der Waals surface area contributed by atoms with Crippen LogP contribution in [0.25, 0.3) is 0 Å². The highest BCUT2D eigenvalue weighted by Crippen LogP contribution is 2.41. The number of hydrogen-bond donors (Lipinski definition) is 0. The van der Waals surface area contributed by atoms with Crippen LogP contribution in [0.4, 0.5) is 26.3 Å². The highest BCUT2D eigenvalue weighted by molar-refractivity contribution is 9.25. The lowest BCUT2D eigenvalue weighted by molar-refractivity contribution is -0.574. The van der Waals surface area contributed by atoms with E-state index in [-0.39, 0.29) is 0 Å². The van der Waals surface area contributed by atoms with Crippen LogP contribution in [0.2, 0.25) is 0 Å². The zero-order valence-electron chi connectivity index (χ0n) is 9.56. The van der Waals surface area contributed by atoms with Crippen molar-refractivity contribution in [2.45, 2.75) is 21.7 Å². The summed E-state index contributed by atoms with van der Waals surface area (Å²) < 4.78 is 79.9. The predicted molar refractivity (Wildman–Crippen MR) is 58.4 cm³/mol. The average molecular weight is 455 g/mol. The fourth-order valence-electron chi connectivity index (χ4n) is 0.833. The number of carbonyl (C=O) groups excluding carboxylic acids is 2. The van der Waals surface area contributed by atoms with Gasteiger partial charge in [-0.2, -0.15) is 26.3 Å². The van der Waals surface area contributed by atoms with Crippen molar-refractivity contribution >= 4 is 43.8 Å². The molecule has 0 bridgehead atoms. The van der Waals surface area contributed by atoms with E-state index in [4.69, 9.17) is 0 Å². The molecular weight excluding hydrogens is 450 g/mol. The topological polar surface area (TPSA) is 75.7 Å². The quantitative estimate of drug-likeness (QED) is 0.272. The molecule has 0 fully saturated rings. The second kappa shape index (κ2) is 7.13. The maximum atomic E-state index is 12.2. The molecule has 0 unspecified atom stereocenters. The van der Waals surface area contributed by atoms with Gasteiger partial charge in [0.15, 0.2) is 9.34 Å². The van der Waals surface area contributed by atoms with E-state index in [1.54, 1.807) is 0 Å². The molecule has 13 heteroatoms. The minimum absolute atomic E-state index is 0.829. The van der Waals surface area contributed by atoms with Crippen molar-refractivity contribution in [2.24, 2.45) is 0 Å². The maximum Gasteiger partial charge on any atom is 0.399 e. The van der Waals surface area contributed by atoms with Gasteiger partial charge in [-0.25, -0.2) is 4.79 Å². The van der Waals surface area contributed by atoms with Gasteiger partial charge in [-0.05, 0) is 0 Å². The Morgan fingerprint density at radius 3 is 1.67 bits per heavy atom. The number of rotatable bonds is 5. The first kappa shape index (κ1) is 20.4. The SMILES string of the molecule is O=C(OCCOC(=O)C([O-])(C(F)(F)F)C(F)(F)F)C(Br)Br. The van der Waals surface area contributed by atoms with Gasteiger partial charge in [0.2, 0.25) is 0 Å². The summed E-state index contributed by atoms with van der Waals surface area (Å²) in [5, 5.41) is 10.8. The van der Waals surface area contributed by atoms with Crippen LogP contribution in [0.1, 0.15) is 0 Å². The van der Waals surface area contributed by atoms with E-state index in [2.05, 4.69) is 41.3 Å². The predicted octanol–water partition coefficient (Wildman–Crippen LogP) is 1.41. The van der Waals surface area contributed by atoms with E-state index >= 15 is 0 Å². The Labute approximate surface area is 129 Å². The van der Waals surface area contributed by atoms with Crippen molar-refractivity contribution in [3.8, 4) is 0 Å². The summed E-state index contributed by atoms with van der Waals surface area (Å²) >= 11 is 5.38. The van der Waals surface area contributed by atoms with E-state index in [0.717, 1.165) is 0 Å². The number of alkyl halides is 8. The molecule has 0 atom stereocenters. The van der Waals surface area contributed by atoms with E-state index in [1.807, 2.05) is 0 Å². The fourth-order valence-corrected chi connectivity index (χ4v) is 1.10. The lowest BCUT2D eigenvalue weighted by atomic mass is 10.0. The first-order valence-corrected chi connectivity index (χ1v) is 6.54. The summed E-state index contributed by atoms with van der Waals surface area (Å²) in [6.07, 6.45) is -12.9. The summed E-state index contributed by atoms with van der Waals surface area (Å²) in [5.74, 6) is -4.04. The number of ether oxygens (including phenoxy) is 2. The molecule has 0 rings (SSSR count). The van der Waals surface area contributed by atoms with Crippen LogP contribution in [-0.2, 0) is 19.1 Å². The van der Waals surface area contributed by atoms with E-state index in [1.165, 1.54) is 0 Å². The van der Waals surface area contributed by atoms with Crippen molar-refractivity contribution in [1.82, 2.24) is 0 Å². The van der Waals surface area contributed by atoms with Gasteiger partial charge >= 0.3 is 24.3 Å². The van der Waals surface area contributed by atoms with Gasteiger partial charge in [-0.15, -0.1) is 0 Å². The standard InChI is InChI=1S/C8H5Br2F6O5/c9-3(10)4(17)20-1-2-21-5(18)6(19,7(11,12)13)8(14,15)16/h3H,1-2H2/q-1. The fraction of sp³-hybridized carbons (Fsp3) is 0.750. The molecule has 0 saturated heterocycles. The molecule has 0 aromatic heterocycles. The molecule has 0 aliphatic carbocycles. The second-order valence-corrected chi connectivity index (χ2v) is 6.34. The summed E-state index contributed by atoms with van der Waals surface area (Å²) in [5.41, 5.74) is -5.91. The molecule has 0 spiro atoms. The van der Waals surface area contributed by atoms with Crippen LogP contribution in [0, 0.1) is 0 Å². The van der Waals surface area contributed by atoms with Crippen LogP contribution in [0.15, 0.2) is 0 Å². The molecule has 124 valence electrons. The third kappa shape index (κ3) is 4.98. The molecule has 0 aromatic rings. The van der Waals surface area contributed by atoms with E-state index in [0.29, 0.717) is 0 Å². The summed E-state index contributed by atoms with van der Waals surface area (Å²) in [7, 11) is 0. The van der Waals surface area contributed by atoms with Crippen LogP contribution in [0.5, 0.6) is 0 Å². The first-order chi connectivity index (χ1) is 9.25. The Morgan fingerprint density at radius 1 is 0.952 bits per heavy atom. The summed E-state index contributed by atoms with van der Waals surface area (Å²) in [6.45, 7) is -1.97. The third-order valence-corrected chi connectivity index (χ3v) is 2.57. The number of carbonyl (C=O) groups is 2. The normalized spacial score (nSPS) is 13.2. The molecule has 0 heterocycles. The van der Waals surface area contributed by atoms with Crippen molar-refractivity contribution in [3.05, 3.63) is 0 Å². The molecule has 0 amide bonds. The van der Waals surface area contributed by atoms with Gasteiger partial charge in [-0.3, -0.25) is 4.79 Å². The number of esters is 2. The Morgan fingerprint density at radius 2 is 1.33 bits per heavy atom. The van der Waals surface area contributed by atoms with Gasteiger partial charge in [0.1, 0.15) is 13.2 Å². The zero-order valence-corrected chi connectivity index (χ0v) is 12.7. The number of hydrogen-bond acceptors (Lipinski definition) is 5. The van der Waals surface area contributed by atoms with Crippen molar-refractivity contribution in [3.63, 3.8) is 0 Å². The van der Waals surface area contributed by atoms with Crippen LogP contribution in [-0.4, -0.2) is 46.8 Å². The molecule has 0 radical (unpaired) electrons. The molecule has 0 aromatic carbocycles. The largest absolute Gasteiger partial charge is 0.828 e. The minimum atomic E-state index is -6.43. The highest BCUT2D eigenvalue weighted by Gasteiger charge is 2.68. The maximum absolute atomic E-state index is 12.2. The van der Waals surface area contributed by atoms with Crippen molar-refractivity contribution in [1.29, 1.82) is 0 Å². The monoisotopic (exact) mass is 453 g/mol. The van der Waals surface area contributed by atoms with Crippen molar-refractivity contribution < 1.29 is 50.5 Å². The number of halogens is 8. The van der Waals surface area contributed by atoms with E-state index in [9.17, 15) is 41.0 Å². The van der Waals surface area contributed by atoms with Gasteiger partial charge in [-0.1, -0.05) is 31.9 Å². The third-order valence-electron chi connectivity index (χ3n) is 1.82. The summed E-state index contributed by atoms with van der Waals surface area (Å²) in [6, 6.07) is 0. The molecule has 0 N–H and O–H groups in total. The molecule has 21 heavy (non-hydrogen) atoms. The molecular formula is C8H5Br2F6O5-. The van der Waals surface area contributed by atoms with Gasteiger partial charge in [0, 0.05) is 0 Å². The molecule has 0 aliphatic rings. The van der Waals surface area contributed by atoms with Crippen LogP contribution < -0.4 is 5.11 Å². The molecule has 0 aliphatic heterocycles. The smallest absolute Gasteiger partial charge is 0.399 e. The Kier molecular flexibility index (Phi) is 6.94. The minimum Gasteiger partial charge on any atom is -0.828 e. The highest BCUT2D eigenvalue weighted by atomic mass is 79.9. The Hall–Kier alpha value is -0.560. The lowest BCUT2D eigenvalue weighted by Crippen LogP contribution is -2.71.